The summed E-state index contributed by atoms with van der Waals surface area (Å²) in [5, 5.41) is 7.94. The highest BCUT2D eigenvalue weighted by Gasteiger charge is 2.02. The molecular weight excluding hydrogens is 365 g/mol. The Morgan fingerprint density at radius 3 is 2.62 bits per heavy atom. The fourth-order valence-corrected chi connectivity index (χ4v) is 3.09. The van der Waals surface area contributed by atoms with Crippen LogP contribution in [0.25, 0.3) is 0 Å². The van der Waals surface area contributed by atoms with E-state index < -0.39 is 0 Å². The SMILES string of the molecule is Cc1csc(NN=Cc2cccc(Oc3cc(Cl)cc(Cl)c3)c2)n1. The highest BCUT2D eigenvalue weighted by Crippen LogP contribution is 2.28. The van der Waals surface area contributed by atoms with Crippen molar-refractivity contribution < 1.29 is 4.74 Å². The second-order valence-electron chi connectivity index (χ2n) is 4.94. The quantitative estimate of drug-likeness (QED) is 0.438. The summed E-state index contributed by atoms with van der Waals surface area (Å²) in [7, 11) is 0. The van der Waals surface area contributed by atoms with Crippen LogP contribution < -0.4 is 10.2 Å². The van der Waals surface area contributed by atoms with E-state index in [0.29, 0.717) is 21.5 Å². The number of ether oxygens (including phenoxy) is 1. The number of thiazole rings is 1. The van der Waals surface area contributed by atoms with Gasteiger partial charge in [-0.05, 0) is 42.8 Å². The van der Waals surface area contributed by atoms with Gasteiger partial charge in [0.05, 0.1) is 11.9 Å². The molecule has 0 aliphatic rings. The van der Waals surface area contributed by atoms with Gasteiger partial charge in [-0.15, -0.1) is 11.3 Å². The Bertz CT molecular complexity index is 860. The molecule has 7 heteroatoms. The Morgan fingerprint density at radius 1 is 1.12 bits per heavy atom. The Labute approximate surface area is 153 Å². The fraction of sp³-hybridized carbons (Fsp3) is 0.0588. The van der Waals surface area contributed by atoms with E-state index in [1.54, 1.807) is 24.4 Å². The molecular formula is C17H13Cl2N3OS. The van der Waals surface area contributed by atoms with E-state index in [1.165, 1.54) is 11.3 Å². The summed E-state index contributed by atoms with van der Waals surface area (Å²) in [5.74, 6) is 1.25. The Morgan fingerprint density at radius 2 is 1.92 bits per heavy atom. The van der Waals surface area contributed by atoms with Crippen LogP contribution in [0.1, 0.15) is 11.3 Å². The van der Waals surface area contributed by atoms with Crippen molar-refractivity contribution in [1.82, 2.24) is 4.98 Å². The Balaban J connectivity index is 1.69. The zero-order chi connectivity index (χ0) is 16.9. The number of rotatable bonds is 5. The summed E-state index contributed by atoms with van der Waals surface area (Å²) >= 11 is 13.5. The number of halogens is 2. The summed E-state index contributed by atoms with van der Waals surface area (Å²) in [6.07, 6.45) is 1.70. The molecule has 0 saturated heterocycles. The smallest absolute Gasteiger partial charge is 0.203 e. The molecule has 3 aromatic rings. The van der Waals surface area contributed by atoms with Gasteiger partial charge < -0.3 is 4.74 Å². The largest absolute Gasteiger partial charge is 0.457 e. The first-order chi connectivity index (χ1) is 11.6. The van der Waals surface area contributed by atoms with Crippen molar-refractivity contribution in [2.45, 2.75) is 6.92 Å². The van der Waals surface area contributed by atoms with Crippen LogP contribution in [0.3, 0.4) is 0 Å². The topological polar surface area (TPSA) is 46.5 Å². The normalized spacial score (nSPS) is 11.0. The molecule has 2 aromatic carbocycles. The van der Waals surface area contributed by atoms with Gasteiger partial charge in [-0.25, -0.2) is 4.98 Å². The fourth-order valence-electron chi connectivity index (χ4n) is 1.95. The van der Waals surface area contributed by atoms with Gasteiger partial charge in [-0.3, -0.25) is 5.43 Å². The molecule has 0 bridgehead atoms. The van der Waals surface area contributed by atoms with E-state index >= 15 is 0 Å². The number of aromatic nitrogens is 1. The average Bonchev–Trinajstić information content (AvgIpc) is 2.92. The third kappa shape index (κ3) is 4.71. The lowest BCUT2D eigenvalue weighted by atomic mass is 10.2. The molecule has 0 unspecified atom stereocenters. The molecule has 0 atom stereocenters. The molecule has 0 saturated carbocycles. The van der Waals surface area contributed by atoms with Crippen LogP contribution in [-0.4, -0.2) is 11.2 Å². The van der Waals surface area contributed by atoms with Gasteiger partial charge in [0.15, 0.2) is 0 Å². The molecule has 1 heterocycles. The number of hydrazone groups is 1. The van der Waals surface area contributed by atoms with Crippen molar-refractivity contribution >= 4 is 45.9 Å². The summed E-state index contributed by atoms with van der Waals surface area (Å²) in [5.41, 5.74) is 4.76. The summed E-state index contributed by atoms with van der Waals surface area (Å²) in [6.45, 7) is 1.94. The zero-order valence-corrected chi connectivity index (χ0v) is 15.0. The molecule has 0 spiro atoms. The number of nitrogens with zero attached hydrogens (tertiary/aromatic N) is 2. The van der Waals surface area contributed by atoms with Gasteiger partial charge in [-0.1, -0.05) is 35.3 Å². The van der Waals surface area contributed by atoms with Gasteiger partial charge in [0.1, 0.15) is 11.5 Å². The number of benzene rings is 2. The van der Waals surface area contributed by atoms with E-state index in [1.807, 2.05) is 36.6 Å². The second-order valence-corrected chi connectivity index (χ2v) is 6.67. The van der Waals surface area contributed by atoms with E-state index in [0.717, 1.165) is 16.4 Å². The minimum absolute atomic E-state index is 0.526. The molecule has 1 aromatic heterocycles. The summed E-state index contributed by atoms with van der Waals surface area (Å²) in [6, 6.07) is 12.6. The van der Waals surface area contributed by atoms with Crippen LogP contribution in [-0.2, 0) is 0 Å². The third-order valence-corrected chi connectivity index (χ3v) is 4.22. The number of anilines is 1. The maximum Gasteiger partial charge on any atom is 0.203 e. The average molecular weight is 378 g/mol. The van der Waals surface area contributed by atoms with Crippen LogP contribution in [0.4, 0.5) is 5.13 Å². The molecule has 24 heavy (non-hydrogen) atoms. The van der Waals surface area contributed by atoms with Crippen LogP contribution in [0, 0.1) is 6.92 Å². The van der Waals surface area contributed by atoms with E-state index in [9.17, 15) is 0 Å². The Hall–Kier alpha value is -2.08. The molecule has 0 radical (unpaired) electrons. The minimum Gasteiger partial charge on any atom is -0.457 e. The molecule has 0 amide bonds. The zero-order valence-electron chi connectivity index (χ0n) is 12.7. The van der Waals surface area contributed by atoms with Crippen LogP contribution in [0.2, 0.25) is 10.0 Å². The molecule has 0 fully saturated rings. The first kappa shape index (κ1) is 16.8. The molecule has 0 aliphatic heterocycles. The first-order valence-electron chi connectivity index (χ1n) is 7.04. The van der Waals surface area contributed by atoms with E-state index in [-0.39, 0.29) is 0 Å². The van der Waals surface area contributed by atoms with Crippen LogP contribution in [0.5, 0.6) is 11.5 Å². The maximum absolute atomic E-state index is 5.98. The molecule has 122 valence electrons. The predicted octanol–water partition coefficient (Wildman–Crippen LogP) is 6.00. The lowest BCUT2D eigenvalue weighted by Crippen LogP contribution is -1.91. The minimum atomic E-state index is 0.526. The third-order valence-electron chi connectivity index (χ3n) is 2.92. The van der Waals surface area contributed by atoms with Gasteiger partial charge in [-0.2, -0.15) is 5.10 Å². The predicted molar refractivity (Wildman–Crippen MR) is 101 cm³/mol. The highest BCUT2D eigenvalue weighted by molar-refractivity contribution is 7.13. The standard InChI is InChI=1S/C17H13Cl2N3OS/c1-11-10-24-17(21-11)22-20-9-12-3-2-4-15(5-12)23-16-7-13(18)6-14(19)8-16/h2-10H,1H3,(H,21,22). The lowest BCUT2D eigenvalue weighted by Gasteiger charge is -2.07. The van der Waals surface area contributed by atoms with Gasteiger partial charge in [0.2, 0.25) is 5.13 Å². The number of aryl methyl sites for hydroxylation is 1. The summed E-state index contributed by atoms with van der Waals surface area (Å²) < 4.78 is 5.79. The van der Waals surface area contributed by atoms with Gasteiger partial charge in [0.25, 0.3) is 0 Å². The highest BCUT2D eigenvalue weighted by atomic mass is 35.5. The first-order valence-corrected chi connectivity index (χ1v) is 8.67. The molecule has 0 aliphatic carbocycles. The molecule has 3 rings (SSSR count). The molecule has 4 nitrogen and oxygen atoms in total. The van der Waals surface area contributed by atoms with Crippen molar-refractivity contribution in [2.24, 2.45) is 5.10 Å². The van der Waals surface area contributed by atoms with Crippen LogP contribution >= 0.6 is 34.5 Å². The maximum atomic E-state index is 5.98. The second kappa shape index (κ2) is 7.66. The van der Waals surface area contributed by atoms with Crippen molar-refractivity contribution in [3.63, 3.8) is 0 Å². The van der Waals surface area contributed by atoms with Crippen LogP contribution in [0.15, 0.2) is 52.9 Å². The van der Waals surface area contributed by atoms with E-state index in [4.69, 9.17) is 27.9 Å². The lowest BCUT2D eigenvalue weighted by molar-refractivity contribution is 0.482. The number of nitrogens with one attached hydrogen (secondary N) is 1. The number of hydrogen-bond acceptors (Lipinski definition) is 5. The van der Waals surface area contributed by atoms with Crippen molar-refractivity contribution in [1.29, 1.82) is 0 Å². The van der Waals surface area contributed by atoms with Crippen molar-refractivity contribution in [3.8, 4) is 11.5 Å². The number of hydrogen-bond donors (Lipinski definition) is 1. The van der Waals surface area contributed by atoms with Gasteiger partial charge in [0, 0.05) is 15.4 Å². The van der Waals surface area contributed by atoms with Gasteiger partial charge >= 0.3 is 0 Å². The monoisotopic (exact) mass is 377 g/mol. The van der Waals surface area contributed by atoms with Crippen molar-refractivity contribution in [2.75, 3.05) is 5.43 Å². The Kier molecular flexibility index (Phi) is 5.35. The van der Waals surface area contributed by atoms with E-state index in [2.05, 4.69) is 15.5 Å². The van der Waals surface area contributed by atoms with Crippen molar-refractivity contribution in [3.05, 3.63) is 69.1 Å². The summed E-state index contributed by atoms with van der Waals surface area (Å²) in [4.78, 5) is 4.28. The molecule has 1 N–H and O–H groups in total.